The molecule has 5 heteroatoms. The Balaban J connectivity index is 1.66. The van der Waals surface area contributed by atoms with E-state index in [4.69, 9.17) is 11.6 Å². The summed E-state index contributed by atoms with van der Waals surface area (Å²) in [6, 6.07) is 0.212. The van der Waals surface area contributed by atoms with Crippen LogP contribution in [0.15, 0.2) is 4.99 Å². The molecule has 1 heterocycles. The summed E-state index contributed by atoms with van der Waals surface area (Å²) in [5.74, 6) is 1.86. The smallest absolute Gasteiger partial charge is 0.156 e. The number of nitrogens with one attached hydrogen (secondary N) is 1. The van der Waals surface area contributed by atoms with Crippen LogP contribution in [0.1, 0.15) is 57.8 Å². The SMILES string of the molecule is FC1C(Cl)CCCC1C(CC1CCCCC1)NC1=NCCS1. The third kappa shape index (κ3) is 4.31. The lowest BCUT2D eigenvalue weighted by Crippen LogP contribution is -2.47. The van der Waals surface area contributed by atoms with Crippen molar-refractivity contribution in [2.75, 3.05) is 12.3 Å². The molecule has 0 amide bonds. The second-order valence-corrected chi connectivity index (χ2v) is 8.73. The molecule has 0 aromatic carbocycles. The summed E-state index contributed by atoms with van der Waals surface area (Å²) < 4.78 is 14.7. The van der Waals surface area contributed by atoms with Crippen molar-refractivity contribution in [3.63, 3.8) is 0 Å². The molecule has 0 bridgehead atoms. The fourth-order valence-corrected chi connectivity index (χ4v) is 5.40. The summed E-state index contributed by atoms with van der Waals surface area (Å²) in [5.41, 5.74) is 0. The normalized spacial score (nSPS) is 35.2. The van der Waals surface area contributed by atoms with E-state index < -0.39 is 6.17 Å². The third-order valence-electron chi connectivity index (χ3n) is 5.50. The van der Waals surface area contributed by atoms with E-state index in [1.165, 1.54) is 32.1 Å². The number of alkyl halides is 2. The average molecular weight is 347 g/mol. The highest BCUT2D eigenvalue weighted by Crippen LogP contribution is 2.37. The molecule has 2 nitrogen and oxygen atoms in total. The van der Waals surface area contributed by atoms with Crippen molar-refractivity contribution >= 4 is 28.5 Å². The molecule has 3 rings (SSSR count). The van der Waals surface area contributed by atoms with Crippen LogP contribution >= 0.6 is 23.4 Å². The Kier molecular flexibility index (Phi) is 6.32. The number of halogens is 2. The molecule has 4 atom stereocenters. The molecule has 2 aliphatic carbocycles. The standard InChI is InChI=1S/C17H28ClFN2S/c18-14-8-4-7-13(16(14)19)15(21-17-20-9-10-22-17)11-12-5-2-1-3-6-12/h12-16H,1-11H2,(H,20,21). The Morgan fingerprint density at radius 3 is 2.73 bits per heavy atom. The summed E-state index contributed by atoms with van der Waals surface area (Å²) in [4.78, 5) is 4.52. The highest BCUT2D eigenvalue weighted by atomic mass is 35.5. The zero-order valence-corrected chi connectivity index (χ0v) is 14.8. The zero-order valence-electron chi connectivity index (χ0n) is 13.3. The molecule has 3 aliphatic rings. The predicted octanol–water partition coefficient (Wildman–Crippen LogP) is 4.76. The Morgan fingerprint density at radius 1 is 1.18 bits per heavy atom. The minimum atomic E-state index is -0.872. The number of thioether (sulfide) groups is 1. The lowest BCUT2D eigenvalue weighted by molar-refractivity contribution is 0.124. The lowest BCUT2D eigenvalue weighted by Gasteiger charge is -2.38. The average Bonchev–Trinajstić information content (AvgIpc) is 3.03. The van der Waals surface area contributed by atoms with Crippen molar-refractivity contribution in [2.24, 2.45) is 16.8 Å². The Bertz CT molecular complexity index is 387. The van der Waals surface area contributed by atoms with Gasteiger partial charge >= 0.3 is 0 Å². The van der Waals surface area contributed by atoms with Gasteiger partial charge in [0.2, 0.25) is 0 Å². The van der Waals surface area contributed by atoms with Crippen LogP contribution in [0.4, 0.5) is 4.39 Å². The summed E-state index contributed by atoms with van der Waals surface area (Å²) in [5, 5.41) is 4.33. The number of rotatable bonds is 4. The number of aliphatic imine (C=N–C) groups is 1. The van der Waals surface area contributed by atoms with Gasteiger partial charge in [0.25, 0.3) is 0 Å². The van der Waals surface area contributed by atoms with E-state index >= 15 is 0 Å². The van der Waals surface area contributed by atoms with E-state index in [0.29, 0.717) is 0 Å². The number of nitrogens with zero attached hydrogens (tertiary/aromatic N) is 1. The molecule has 0 aromatic rings. The Morgan fingerprint density at radius 2 is 2.00 bits per heavy atom. The van der Waals surface area contributed by atoms with Gasteiger partial charge in [-0.3, -0.25) is 4.99 Å². The quantitative estimate of drug-likeness (QED) is 0.742. The first-order valence-electron chi connectivity index (χ1n) is 8.96. The molecule has 0 saturated heterocycles. The first kappa shape index (κ1) is 16.9. The van der Waals surface area contributed by atoms with Gasteiger partial charge < -0.3 is 5.32 Å². The van der Waals surface area contributed by atoms with E-state index in [1.807, 2.05) is 0 Å². The Labute approximate surface area is 143 Å². The molecule has 2 saturated carbocycles. The summed E-state index contributed by atoms with van der Waals surface area (Å²) in [7, 11) is 0. The molecule has 0 radical (unpaired) electrons. The van der Waals surface area contributed by atoms with Gasteiger partial charge in [-0.2, -0.15) is 0 Å². The molecule has 1 aliphatic heterocycles. The van der Waals surface area contributed by atoms with Gasteiger partial charge in [-0.05, 0) is 25.2 Å². The first-order valence-corrected chi connectivity index (χ1v) is 10.4. The number of amidine groups is 1. The fraction of sp³-hybridized carbons (Fsp3) is 0.941. The minimum Gasteiger partial charge on any atom is -0.362 e. The summed E-state index contributed by atoms with van der Waals surface area (Å²) >= 11 is 8.01. The van der Waals surface area contributed by atoms with Crippen LogP contribution < -0.4 is 5.32 Å². The van der Waals surface area contributed by atoms with Crippen LogP contribution in [-0.2, 0) is 0 Å². The maximum Gasteiger partial charge on any atom is 0.156 e. The number of hydrogen-bond donors (Lipinski definition) is 1. The van der Waals surface area contributed by atoms with Gasteiger partial charge in [0.15, 0.2) is 5.17 Å². The van der Waals surface area contributed by atoms with Crippen LogP contribution in [0.2, 0.25) is 0 Å². The second-order valence-electron chi connectivity index (χ2n) is 7.08. The minimum absolute atomic E-state index is 0.0575. The largest absolute Gasteiger partial charge is 0.362 e. The van der Waals surface area contributed by atoms with E-state index in [2.05, 4.69) is 10.3 Å². The van der Waals surface area contributed by atoms with Crippen molar-refractivity contribution in [3.05, 3.63) is 0 Å². The maximum atomic E-state index is 14.7. The van der Waals surface area contributed by atoms with Gasteiger partial charge in [0, 0.05) is 17.7 Å². The maximum absolute atomic E-state index is 14.7. The first-order chi connectivity index (χ1) is 10.7. The van der Waals surface area contributed by atoms with E-state index in [-0.39, 0.29) is 17.3 Å². The van der Waals surface area contributed by atoms with Crippen molar-refractivity contribution in [3.8, 4) is 0 Å². The highest BCUT2D eigenvalue weighted by Gasteiger charge is 2.38. The summed E-state index contributed by atoms with van der Waals surface area (Å²) in [6.45, 7) is 0.894. The van der Waals surface area contributed by atoms with Gasteiger partial charge in [0.05, 0.1) is 11.9 Å². The Hall–Kier alpha value is 0.0400. The molecule has 4 unspecified atom stereocenters. The van der Waals surface area contributed by atoms with Crippen molar-refractivity contribution in [1.82, 2.24) is 5.32 Å². The summed E-state index contributed by atoms with van der Waals surface area (Å²) in [6.07, 6.45) is 9.74. The molecular formula is C17H28ClFN2S. The van der Waals surface area contributed by atoms with E-state index in [0.717, 1.165) is 49.1 Å². The third-order valence-corrected chi connectivity index (χ3v) is 6.86. The molecule has 2 fully saturated rings. The van der Waals surface area contributed by atoms with E-state index in [1.54, 1.807) is 11.8 Å². The number of hydrogen-bond acceptors (Lipinski definition) is 3. The lowest BCUT2D eigenvalue weighted by atomic mass is 9.76. The molecule has 0 spiro atoms. The molecule has 0 aromatic heterocycles. The fourth-order valence-electron chi connectivity index (χ4n) is 4.26. The zero-order chi connectivity index (χ0) is 15.4. The van der Waals surface area contributed by atoms with Crippen LogP contribution in [0.3, 0.4) is 0 Å². The predicted molar refractivity (Wildman–Crippen MR) is 94.8 cm³/mol. The van der Waals surface area contributed by atoms with E-state index in [9.17, 15) is 4.39 Å². The molecular weight excluding hydrogens is 319 g/mol. The topological polar surface area (TPSA) is 24.4 Å². The van der Waals surface area contributed by atoms with Gasteiger partial charge in [-0.15, -0.1) is 11.6 Å². The molecule has 22 heavy (non-hydrogen) atoms. The highest BCUT2D eigenvalue weighted by molar-refractivity contribution is 8.14. The molecule has 1 N–H and O–H groups in total. The van der Waals surface area contributed by atoms with Crippen LogP contribution in [0.5, 0.6) is 0 Å². The molecule has 126 valence electrons. The van der Waals surface area contributed by atoms with Crippen molar-refractivity contribution < 1.29 is 4.39 Å². The van der Waals surface area contributed by atoms with Crippen molar-refractivity contribution in [2.45, 2.75) is 75.4 Å². The van der Waals surface area contributed by atoms with Gasteiger partial charge in [-0.1, -0.05) is 50.3 Å². The van der Waals surface area contributed by atoms with Crippen molar-refractivity contribution in [1.29, 1.82) is 0 Å². The van der Waals surface area contributed by atoms with Crippen LogP contribution in [0, 0.1) is 11.8 Å². The monoisotopic (exact) mass is 346 g/mol. The van der Waals surface area contributed by atoms with Gasteiger partial charge in [-0.25, -0.2) is 4.39 Å². The van der Waals surface area contributed by atoms with Crippen LogP contribution in [0.25, 0.3) is 0 Å². The second kappa shape index (κ2) is 8.23. The van der Waals surface area contributed by atoms with Gasteiger partial charge in [0.1, 0.15) is 6.17 Å². The van der Waals surface area contributed by atoms with Crippen LogP contribution in [-0.4, -0.2) is 35.1 Å².